The van der Waals surface area contributed by atoms with Gasteiger partial charge in [-0.25, -0.2) is 0 Å². The van der Waals surface area contributed by atoms with E-state index in [2.05, 4.69) is 0 Å². The molecular weight excluding hydrogens is 304 g/mol. The predicted molar refractivity (Wildman–Crippen MR) is 92.8 cm³/mol. The summed E-state index contributed by atoms with van der Waals surface area (Å²) in [7, 11) is 3.23. The molecule has 2 aromatic carbocycles. The predicted octanol–water partition coefficient (Wildman–Crippen LogP) is 3.87. The van der Waals surface area contributed by atoms with Crippen LogP contribution in [0.2, 0.25) is 0 Å². The van der Waals surface area contributed by atoms with Crippen LogP contribution in [-0.2, 0) is 22.3 Å². The summed E-state index contributed by atoms with van der Waals surface area (Å²) in [6.07, 6.45) is 1.81. The molecule has 1 atom stereocenters. The summed E-state index contributed by atoms with van der Waals surface area (Å²) in [4.78, 5) is 0. The van der Waals surface area contributed by atoms with E-state index in [-0.39, 0.29) is 6.29 Å². The van der Waals surface area contributed by atoms with Crippen molar-refractivity contribution in [3.05, 3.63) is 71.5 Å². The molecule has 3 aromatic rings. The lowest BCUT2D eigenvalue weighted by atomic mass is 9.95. The third-order valence-corrected chi connectivity index (χ3v) is 4.30. The van der Waals surface area contributed by atoms with Gasteiger partial charge in [0.05, 0.1) is 12.4 Å². The quantitative estimate of drug-likeness (QED) is 0.670. The molecule has 0 aliphatic heterocycles. The number of benzene rings is 2. The molecule has 1 unspecified atom stereocenters. The molecule has 126 valence electrons. The first-order valence-corrected chi connectivity index (χ1v) is 7.99. The molecule has 0 saturated heterocycles. The van der Waals surface area contributed by atoms with Gasteiger partial charge in [-0.1, -0.05) is 42.5 Å². The van der Waals surface area contributed by atoms with Gasteiger partial charge in [-0.3, -0.25) is 0 Å². The van der Waals surface area contributed by atoms with Crippen LogP contribution in [0.3, 0.4) is 0 Å². The zero-order valence-electron chi connectivity index (χ0n) is 13.9. The van der Waals surface area contributed by atoms with Crippen LogP contribution in [0, 0.1) is 0 Å². The number of para-hydroxylation sites is 1. The van der Waals surface area contributed by atoms with E-state index < -0.39 is 6.10 Å². The van der Waals surface area contributed by atoms with Crippen molar-refractivity contribution in [2.24, 2.45) is 0 Å². The van der Waals surface area contributed by atoms with Crippen molar-refractivity contribution >= 4 is 11.0 Å². The first-order chi connectivity index (χ1) is 11.7. The van der Waals surface area contributed by atoms with E-state index in [4.69, 9.17) is 13.9 Å². The van der Waals surface area contributed by atoms with Crippen LogP contribution in [0.15, 0.2) is 59.2 Å². The van der Waals surface area contributed by atoms with Gasteiger partial charge in [0, 0.05) is 32.4 Å². The van der Waals surface area contributed by atoms with Crippen molar-refractivity contribution in [1.29, 1.82) is 0 Å². The molecule has 0 bridgehead atoms. The lowest BCUT2D eigenvalue weighted by Gasteiger charge is -2.19. The number of rotatable bonds is 7. The van der Waals surface area contributed by atoms with Crippen LogP contribution in [0.25, 0.3) is 11.0 Å². The van der Waals surface area contributed by atoms with Crippen LogP contribution in [0.4, 0.5) is 0 Å². The summed E-state index contributed by atoms with van der Waals surface area (Å²) in [5, 5.41) is 11.8. The highest BCUT2D eigenvalue weighted by atomic mass is 16.7. The summed E-state index contributed by atoms with van der Waals surface area (Å²) in [5.41, 5.74) is 3.74. The molecule has 3 rings (SSSR count). The smallest absolute Gasteiger partial charge is 0.160 e. The number of aliphatic hydroxyl groups excluding tert-OH is 1. The maximum atomic E-state index is 10.8. The van der Waals surface area contributed by atoms with Gasteiger partial charge in [0.15, 0.2) is 6.29 Å². The molecule has 0 aliphatic rings. The van der Waals surface area contributed by atoms with E-state index in [1.807, 2.05) is 48.5 Å². The molecule has 1 heterocycles. The van der Waals surface area contributed by atoms with E-state index >= 15 is 0 Å². The summed E-state index contributed by atoms with van der Waals surface area (Å²) in [6.45, 7) is 0. The number of hydrogen-bond acceptors (Lipinski definition) is 4. The van der Waals surface area contributed by atoms with Gasteiger partial charge in [-0.15, -0.1) is 0 Å². The Morgan fingerprint density at radius 2 is 1.67 bits per heavy atom. The van der Waals surface area contributed by atoms with Gasteiger partial charge >= 0.3 is 0 Å². The van der Waals surface area contributed by atoms with Crippen molar-refractivity contribution < 1.29 is 19.0 Å². The van der Waals surface area contributed by atoms with Gasteiger partial charge in [-0.2, -0.15) is 0 Å². The van der Waals surface area contributed by atoms with E-state index in [0.717, 1.165) is 27.7 Å². The Balaban J connectivity index is 1.85. The SMILES string of the molecule is COC(Cc1ccccc1C(O)Cc1cccc2ccoc12)OC. The Hall–Kier alpha value is -2.14. The second-order valence-electron chi connectivity index (χ2n) is 5.78. The highest BCUT2D eigenvalue weighted by molar-refractivity contribution is 5.80. The molecule has 0 spiro atoms. The second-order valence-corrected chi connectivity index (χ2v) is 5.78. The van der Waals surface area contributed by atoms with Gasteiger partial charge in [0.25, 0.3) is 0 Å². The number of furan rings is 1. The number of hydrogen-bond donors (Lipinski definition) is 1. The van der Waals surface area contributed by atoms with Crippen molar-refractivity contribution in [2.75, 3.05) is 14.2 Å². The molecule has 1 N–H and O–H groups in total. The van der Waals surface area contributed by atoms with Crippen LogP contribution in [0.1, 0.15) is 22.8 Å². The first kappa shape index (κ1) is 16.7. The van der Waals surface area contributed by atoms with Gasteiger partial charge in [0.1, 0.15) is 5.58 Å². The fourth-order valence-electron chi connectivity index (χ4n) is 3.02. The van der Waals surface area contributed by atoms with Crippen LogP contribution < -0.4 is 0 Å². The molecule has 24 heavy (non-hydrogen) atoms. The van der Waals surface area contributed by atoms with E-state index in [1.54, 1.807) is 20.5 Å². The lowest BCUT2D eigenvalue weighted by Crippen LogP contribution is -2.18. The molecule has 0 fully saturated rings. The zero-order valence-corrected chi connectivity index (χ0v) is 13.9. The molecule has 1 aromatic heterocycles. The summed E-state index contributed by atoms with van der Waals surface area (Å²) >= 11 is 0. The van der Waals surface area contributed by atoms with Gasteiger partial charge in [0.2, 0.25) is 0 Å². The number of ether oxygens (including phenoxy) is 2. The third kappa shape index (κ3) is 3.51. The van der Waals surface area contributed by atoms with E-state index in [0.29, 0.717) is 12.8 Å². The van der Waals surface area contributed by atoms with Gasteiger partial charge < -0.3 is 19.0 Å². The molecule has 0 amide bonds. The van der Waals surface area contributed by atoms with Crippen LogP contribution >= 0.6 is 0 Å². The van der Waals surface area contributed by atoms with Crippen LogP contribution in [-0.4, -0.2) is 25.6 Å². The minimum atomic E-state index is -0.619. The normalized spacial score (nSPS) is 12.8. The largest absolute Gasteiger partial charge is 0.464 e. The summed E-state index contributed by atoms with van der Waals surface area (Å²) in [6, 6.07) is 15.8. The standard InChI is InChI=1S/C20H22O4/c1-22-19(23-2)13-15-6-3-4-9-17(15)18(21)12-16-8-5-7-14-10-11-24-20(14)16/h3-11,18-19,21H,12-13H2,1-2H3. The van der Waals surface area contributed by atoms with Gasteiger partial charge in [-0.05, 0) is 22.8 Å². The average Bonchev–Trinajstić information content (AvgIpc) is 3.09. The molecule has 0 saturated carbocycles. The third-order valence-electron chi connectivity index (χ3n) is 4.30. The fraction of sp³-hybridized carbons (Fsp3) is 0.300. The Morgan fingerprint density at radius 1 is 0.917 bits per heavy atom. The van der Waals surface area contributed by atoms with E-state index in [9.17, 15) is 5.11 Å². The topological polar surface area (TPSA) is 51.8 Å². The number of fused-ring (bicyclic) bond motifs is 1. The Labute approximate surface area is 141 Å². The van der Waals surface area contributed by atoms with Crippen molar-refractivity contribution in [2.45, 2.75) is 25.2 Å². The summed E-state index contributed by atoms with van der Waals surface area (Å²) in [5.74, 6) is 0. The average molecular weight is 326 g/mol. The Morgan fingerprint density at radius 3 is 2.46 bits per heavy atom. The molecule has 0 aliphatic carbocycles. The maximum absolute atomic E-state index is 10.8. The lowest BCUT2D eigenvalue weighted by molar-refractivity contribution is -0.100. The zero-order chi connectivity index (χ0) is 16.9. The monoisotopic (exact) mass is 326 g/mol. The van der Waals surface area contributed by atoms with Crippen molar-refractivity contribution in [1.82, 2.24) is 0 Å². The summed E-state index contributed by atoms with van der Waals surface area (Å²) < 4.78 is 16.1. The molecular formula is C20H22O4. The van der Waals surface area contributed by atoms with Crippen LogP contribution in [0.5, 0.6) is 0 Å². The fourth-order valence-corrected chi connectivity index (χ4v) is 3.02. The molecule has 0 radical (unpaired) electrons. The van der Waals surface area contributed by atoms with E-state index in [1.165, 1.54) is 0 Å². The maximum Gasteiger partial charge on any atom is 0.160 e. The number of methoxy groups -OCH3 is 2. The number of aliphatic hydroxyl groups is 1. The highest BCUT2D eigenvalue weighted by Gasteiger charge is 2.17. The van der Waals surface area contributed by atoms with Crippen molar-refractivity contribution in [3.8, 4) is 0 Å². The second kappa shape index (κ2) is 7.62. The molecule has 4 nitrogen and oxygen atoms in total. The minimum absolute atomic E-state index is 0.327. The first-order valence-electron chi connectivity index (χ1n) is 7.99. The minimum Gasteiger partial charge on any atom is -0.464 e. The highest BCUT2D eigenvalue weighted by Crippen LogP contribution is 2.27. The Kier molecular flexibility index (Phi) is 5.30. The Bertz CT molecular complexity index is 789. The molecule has 4 heteroatoms. The van der Waals surface area contributed by atoms with Crippen molar-refractivity contribution in [3.63, 3.8) is 0 Å².